The normalized spacial score (nSPS) is 10.3. The summed E-state index contributed by atoms with van der Waals surface area (Å²) >= 11 is 0. The standard InChI is InChI=1S/C23H22O4/c1-16-4-6-17(7-5-16)18-8-11-20(12-9-18)27-15-21(24)19-10-13-22(25-2)23(14-19)26-3/h4-14H,15H2,1-3H3. The second-order valence-corrected chi connectivity index (χ2v) is 6.17. The molecule has 0 spiro atoms. The molecular weight excluding hydrogens is 340 g/mol. The number of aryl methyl sites for hydroxylation is 1. The lowest BCUT2D eigenvalue weighted by atomic mass is 10.0. The summed E-state index contributed by atoms with van der Waals surface area (Å²) in [6.45, 7) is 2.02. The summed E-state index contributed by atoms with van der Waals surface area (Å²) in [4.78, 5) is 12.4. The smallest absolute Gasteiger partial charge is 0.200 e. The fourth-order valence-corrected chi connectivity index (χ4v) is 2.73. The summed E-state index contributed by atoms with van der Waals surface area (Å²) in [6.07, 6.45) is 0. The van der Waals surface area contributed by atoms with Gasteiger partial charge in [-0.2, -0.15) is 0 Å². The second kappa shape index (κ2) is 8.41. The lowest BCUT2D eigenvalue weighted by Crippen LogP contribution is -2.11. The van der Waals surface area contributed by atoms with Crippen LogP contribution in [0.25, 0.3) is 11.1 Å². The maximum atomic E-state index is 12.4. The third-order valence-electron chi connectivity index (χ3n) is 4.31. The second-order valence-electron chi connectivity index (χ2n) is 6.17. The lowest BCUT2D eigenvalue weighted by Gasteiger charge is -2.10. The van der Waals surface area contributed by atoms with Crippen molar-refractivity contribution in [1.29, 1.82) is 0 Å². The van der Waals surface area contributed by atoms with Crippen molar-refractivity contribution in [2.45, 2.75) is 6.92 Å². The van der Waals surface area contributed by atoms with Crippen LogP contribution in [0.15, 0.2) is 66.7 Å². The SMILES string of the molecule is COc1ccc(C(=O)COc2ccc(-c3ccc(C)cc3)cc2)cc1OC. The van der Waals surface area contributed by atoms with Gasteiger partial charge in [0, 0.05) is 5.56 Å². The maximum absolute atomic E-state index is 12.4. The van der Waals surface area contributed by atoms with E-state index in [2.05, 4.69) is 31.2 Å². The van der Waals surface area contributed by atoms with Crippen molar-refractivity contribution in [3.05, 3.63) is 77.9 Å². The Morgan fingerprint density at radius 2 is 1.37 bits per heavy atom. The summed E-state index contributed by atoms with van der Waals surface area (Å²) in [5.74, 6) is 1.63. The van der Waals surface area contributed by atoms with E-state index < -0.39 is 0 Å². The summed E-state index contributed by atoms with van der Waals surface area (Å²) < 4.78 is 16.1. The molecule has 0 aliphatic heterocycles. The van der Waals surface area contributed by atoms with Crippen LogP contribution >= 0.6 is 0 Å². The predicted octanol–water partition coefficient (Wildman–Crippen LogP) is 4.94. The van der Waals surface area contributed by atoms with E-state index in [9.17, 15) is 4.79 Å². The molecular formula is C23H22O4. The zero-order valence-electron chi connectivity index (χ0n) is 15.7. The van der Waals surface area contributed by atoms with E-state index in [4.69, 9.17) is 14.2 Å². The number of benzene rings is 3. The van der Waals surface area contributed by atoms with Gasteiger partial charge >= 0.3 is 0 Å². The van der Waals surface area contributed by atoms with Gasteiger partial charge in [-0.05, 0) is 48.4 Å². The number of Topliss-reactive ketones (excluding diaryl/α,β-unsaturated/α-hetero) is 1. The van der Waals surface area contributed by atoms with Gasteiger partial charge in [0.1, 0.15) is 5.75 Å². The highest BCUT2D eigenvalue weighted by Crippen LogP contribution is 2.28. The Labute approximate surface area is 159 Å². The molecule has 3 rings (SSSR count). The Kier molecular flexibility index (Phi) is 5.77. The molecule has 4 heteroatoms. The highest BCUT2D eigenvalue weighted by Gasteiger charge is 2.11. The van der Waals surface area contributed by atoms with Crippen molar-refractivity contribution in [1.82, 2.24) is 0 Å². The van der Waals surface area contributed by atoms with Crippen molar-refractivity contribution < 1.29 is 19.0 Å². The fourth-order valence-electron chi connectivity index (χ4n) is 2.73. The summed E-state index contributed by atoms with van der Waals surface area (Å²) in [5.41, 5.74) is 4.00. The molecule has 0 fully saturated rings. The van der Waals surface area contributed by atoms with E-state index >= 15 is 0 Å². The Bertz CT molecular complexity index is 912. The van der Waals surface area contributed by atoms with Gasteiger partial charge in [0.25, 0.3) is 0 Å². The molecule has 4 nitrogen and oxygen atoms in total. The van der Waals surface area contributed by atoms with Crippen LogP contribution in [0.5, 0.6) is 17.2 Å². The summed E-state index contributed by atoms with van der Waals surface area (Å²) in [7, 11) is 3.10. The van der Waals surface area contributed by atoms with Gasteiger partial charge in [-0.25, -0.2) is 0 Å². The van der Waals surface area contributed by atoms with Crippen LogP contribution in [-0.2, 0) is 0 Å². The largest absolute Gasteiger partial charge is 0.493 e. The fraction of sp³-hybridized carbons (Fsp3) is 0.174. The molecule has 0 atom stereocenters. The highest BCUT2D eigenvalue weighted by atomic mass is 16.5. The molecule has 27 heavy (non-hydrogen) atoms. The molecule has 0 aliphatic rings. The molecule has 0 heterocycles. The topological polar surface area (TPSA) is 44.8 Å². The number of carbonyl (C=O) groups excluding carboxylic acids is 1. The van der Waals surface area contributed by atoms with E-state index in [0.29, 0.717) is 22.8 Å². The molecule has 0 N–H and O–H groups in total. The van der Waals surface area contributed by atoms with E-state index in [1.54, 1.807) is 25.3 Å². The van der Waals surface area contributed by atoms with E-state index in [1.807, 2.05) is 24.3 Å². The third kappa shape index (κ3) is 4.47. The van der Waals surface area contributed by atoms with E-state index in [1.165, 1.54) is 12.7 Å². The van der Waals surface area contributed by atoms with E-state index in [0.717, 1.165) is 11.1 Å². The average Bonchev–Trinajstić information content (AvgIpc) is 2.72. The number of methoxy groups -OCH3 is 2. The van der Waals surface area contributed by atoms with E-state index in [-0.39, 0.29) is 12.4 Å². The zero-order chi connectivity index (χ0) is 19.2. The number of carbonyl (C=O) groups is 1. The average molecular weight is 362 g/mol. The highest BCUT2D eigenvalue weighted by molar-refractivity contribution is 5.97. The summed E-state index contributed by atoms with van der Waals surface area (Å²) in [6, 6.07) is 21.1. The van der Waals surface area contributed by atoms with Gasteiger partial charge in [0.2, 0.25) is 0 Å². The number of hydrogen-bond acceptors (Lipinski definition) is 4. The molecule has 0 saturated carbocycles. The molecule has 0 saturated heterocycles. The molecule has 0 amide bonds. The zero-order valence-corrected chi connectivity index (χ0v) is 15.7. The van der Waals surface area contributed by atoms with Gasteiger partial charge < -0.3 is 14.2 Å². The van der Waals surface area contributed by atoms with Crippen molar-refractivity contribution in [3.63, 3.8) is 0 Å². The van der Waals surface area contributed by atoms with Crippen molar-refractivity contribution in [2.75, 3.05) is 20.8 Å². The minimum atomic E-state index is -0.126. The minimum Gasteiger partial charge on any atom is -0.493 e. The van der Waals surface area contributed by atoms with Crippen molar-refractivity contribution >= 4 is 5.78 Å². The van der Waals surface area contributed by atoms with Gasteiger partial charge in [-0.15, -0.1) is 0 Å². The lowest BCUT2D eigenvalue weighted by molar-refractivity contribution is 0.0921. The monoisotopic (exact) mass is 362 g/mol. The van der Waals surface area contributed by atoms with Crippen LogP contribution in [0.1, 0.15) is 15.9 Å². The van der Waals surface area contributed by atoms with Crippen molar-refractivity contribution in [3.8, 4) is 28.4 Å². The van der Waals surface area contributed by atoms with Gasteiger partial charge in [-0.1, -0.05) is 42.0 Å². The first-order chi connectivity index (χ1) is 13.1. The van der Waals surface area contributed by atoms with Crippen LogP contribution in [0, 0.1) is 6.92 Å². The Morgan fingerprint density at radius 3 is 1.96 bits per heavy atom. The Morgan fingerprint density at radius 1 is 0.778 bits per heavy atom. The molecule has 0 aliphatic carbocycles. The number of rotatable bonds is 7. The molecule has 0 bridgehead atoms. The summed E-state index contributed by atoms with van der Waals surface area (Å²) in [5, 5.41) is 0. The van der Waals surface area contributed by atoms with Crippen LogP contribution in [-0.4, -0.2) is 26.6 Å². The van der Waals surface area contributed by atoms with Crippen LogP contribution in [0.3, 0.4) is 0 Å². The number of ether oxygens (including phenoxy) is 3. The molecule has 0 radical (unpaired) electrons. The first-order valence-corrected chi connectivity index (χ1v) is 8.66. The van der Waals surface area contributed by atoms with Gasteiger partial charge in [-0.3, -0.25) is 4.79 Å². The van der Waals surface area contributed by atoms with Gasteiger partial charge in [0.15, 0.2) is 23.9 Å². The van der Waals surface area contributed by atoms with Crippen molar-refractivity contribution in [2.24, 2.45) is 0 Å². The number of ketones is 1. The first-order valence-electron chi connectivity index (χ1n) is 8.66. The molecule has 138 valence electrons. The molecule has 3 aromatic rings. The Balaban J connectivity index is 1.64. The van der Waals surface area contributed by atoms with Crippen LogP contribution in [0.4, 0.5) is 0 Å². The predicted molar refractivity (Wildman–Crippen MR) is 106 cm³/mol. The quantitative estimate of drug-likeness (QED) is 0.559. The minimum absolute atomic E-state index is 0.0423. The Hall–Kier alpha value is -3.27. The molecule has 0 unspecified atom stereocenters. The number of hydrogen-bond donors (Lipinski definition) is 0. The van der Waals surface area contributed by atoms with Crippen LogP contribution in [0.2, 0.25) is 0 Å². The van der Waals surface area contributed by atoms with Crippen LogP contribution < -0.4 is 14.2 Å². The third-order valence-corrected chi connectivity index (χ3v) is 4.31. The van der Waals surface area contributed by atoms with Gasteiger partial charge in [0.05, 0.1) is 14.2 Å². The molecule has 0 aromatic heterocycles. The maximum Gasteiger partial charge on any atom is 0.200 e. The molecule has 3 aromatic carbocycles. The first kappa shape index (κ1) is 18.5.